The molecular formula is C27H26F3N3O2. The molecule has 0 saturated heterocycles. The normalized spacial score (nSPS) is 19.7. The number of halogens is 3. The van der Waals surface area contributed by atoms with Crippen molar-refractivity contribution in [1.82, 2.24) is 15.3 Å². The Hall–Kier alpha value is -3.68. The number of amides is 1. The fourth-order valence-corrected chi connectivity index (χ4v) is 4.42. The average Bonchev–Trinajstić information content (AvgIpc) is 2.84. The van der Waals surface area contributed by atoms with Gasteiger partial charge in [0.2, 0.25) is 5.88 Å². The number of benzene rings is 1. The molecule has 35 heavy (non-hydrogen) atoms. The third-order valence-corrected chi connectivity index (χ3v) is 6.29. The molecule has 182 valence electrons. The summed E-state index contributed by atoms with van der Waals surface area (Å²) in [6, 6.07) is 13.2. The number of carbonyl (C=O) groups is 1. The van der Waals surface area contributed by atoms with Crippen LogP contribution in [0.2, 0.25) is 0 Å². The van der Waals surface area contributed by atoms with Crippen LogP contribution in [0.1, 0.15) is 54.6 Å². The van der Waals surface area contributed by atoms with Crippen molar-refractivity contribution in [3.05, 3.63) is 89.4 Å². The van der Waals surface area contributed by atoms with Crippen molar-refractivity contribution in [3.63, 3.8) is 0 Å². The summed E-state index contributed by atoms with van der Waals surface area (Å²) < 4.78 is 44.0. The molecule has 8 heteroatoms. The highest BCUT2D eigenvalue weighted by Gasteiger charge is 2.31. The van der Waals surface area contributed by atoms with E-state index in [1.54, 1.807) is 30.6 Å². The maximum atomic E-state index is 12.8. The van der Waals surface area contributed by atoms with E-state index in [2.05, 4.69) is 29.1 Å². The summed E-state index contributed by atoms with van der Waals surface area (Å²) in [7, 11) is 0. The predicted molar refractivity (Wildman–Crippen MR) is 127 cm³/mol. The van der Waals surface area contributed by atoms with E-state index >= 15 is 0 Å². The number of aromatic nitrogens is 2. The number of nitrogens with zero attached hydrogens (tertiary/aromatic N) is 2. The zero-order chi connectivity index (χ0) is 25.0. The standard InChI is InChI=1S/C27H26F3N3O2/c1-17-13-22(33-26(34)20-6-4-12-31-15-20)9-10-24(17)18(2)19-5-3-7-23(14-19)35-25-11-8-21(16-32-25)27(28,29)30/h3-8,11-12,14-17,22H,9-10,13H2,1-2H3,(H,33,34). The molecule has 0 bridgehead atoms. The quantitative estimate of drug-likeness (QED) is 0.442. The van der Waals surface area contributed by atoms with Gasteiger partial charge in [-0.2, -0.15) is 13.2 Å². The van der Waals surface area contributed by atoms with Gasteiger partial charge in [0.25, 0.3) is 5.91 Å². The van der Waals surface area contributed by atoms with E-state index in [4.69, 9.17) is 4.74 Å². The first-order valence-electron chi connectivity index (χ1n) is 11.4. The van der Waals surface area contributed by atoms with Crippen LogP contribution in [0.5, 0.6) is 11.6 Å². The van der Waals surface area contributed by atoms with Gasteiger partial charge in [-0.25, -0.2) is 4.98 Å². The lowest BCUT2D eigenvalue weighted by atomic mass is 9.79. The van der Waals surface area contributed by atoms with Gasteiger partial charge in [-0.1, -0.05) is 24.6 Å². The molecule has 4 rings (SSSR count). The van der Waals surface area contributed by atoms with Crippen LogP contribution in [0, 0.1) is 5.92 Å². The minimum Gasteiger partial charge on any atom is -0.439 e. The molecule has 1 aliphatic rings. The minimum atomic E-state index is -4.44. The molecule has 0 aliphatic heterocycles. The van der Waals surface area contributed by atoms with E-state index in [0.717, 1.165) is 42.7 Å². The maximum absolute atomic E-state index is 12.8. The molecule has 2 heterocycles. The molecule has 1 fully saturated rings. The number of ether oxygens (including phenoxy) is 1. The number of carbonyl (C=O) groups excluding carboxylic acids is 1. The van der Waals surface area contributed by atoms with Gasteiger partial charge in [0, 0.05) is 30.7 Å². The third kappa shape index (κ3) is 6.07. The average molecular weight is 482 g/mol. The topological polar surface area (TPSA) is 64.1 Å². The fourth-order valence-electron chi connectivity index (χ4n) is 4.42. The Balaban J connectivity index is 1.43. The zero-order valence-electron chi connectivity index (χ0n) is 19.5. The Morgan fingerprint density at radius 2 is 1.89 bits per heavy atom. The number of hydrogen-bond donors (Lipinski definition) is 1. The van der Waals surface area contributed by atoms with Gasteiger partial charge in [0.15, 0.2) is 0 Å². The van der Waals surface area contributed by atoms with E-state index in [-0.39, 0.29) is 23.7 Å². The molecule has 1 amide bonds. The van der Waals surface area contributed by atoms with Crippen molar-refractivity contribution in [2.45, 2.75) is 45.3 Å². The summed E-state index contributed by atoms with van der Waals surface area (Å²) >= 11 is 0. The van der Waals surface area contributed by atoms with Crippen LogP contribution in [0.25, 0.3) is 5.57 Å². The number of allylic oxidation sites excluding steroid dienone is 2. The molecule has 0 spiro atoms. The zero-order valence-corrected chi connectivity index (χ0v) is 19.5. The fraction of sp³-hybridized carbons (Fsp3) is 0.296. The highest BCUT2D eigenvalue weighted by atomic mass is 19.4. The van der Waals surface area contributed by atoms with Crippen LogP contribution in [0.3, 0.4) is 0 Å². The highest BCUT2D eigenvalue weighted by molar-refractivity contribution is 5.94. The second kappa shape index (κ2) is 10.3. The van der Waals surface area contributed by atoms with Crippen molar-refractivity contribution < 1.29 is 22.7 Å². The van der Waals surface area contributed by atoms with Crippen molar-refractivity contribution in [2.24, 2.45) is 5.92 Å². The first kappa shape index (κ1) is 24.4. The summed E-state index contributed by atoms with van der Waals surface area (Å²) in [5, 5.41) is 3.12. The van der Waals surface area contributed by atoms with E-state index in [1.807, 2.05) is 18.2 Å². The monoisotopic (exact) mass is 481 g/mol. The first-order valence-corrected chi connectivity index (χ1v) is 11.4. The van der Waals surface area contributed by atoms with Crippen molar-refractivity contribution >= 4 is 11.5 Å². The molecule has 1 saturated carbocycles. The Kier molecular flexibility index (Phi) is 7.19. The van der Waals surface area contributed by atoms with E-state index in [0.29, 0.717) is 11.3 Å². The molecule has 0 radical (unpaired) electrons. The molecule has 5 nitrogen and oxygen atoms in total. The summed E-state index contributed by atoms with van der Waals surface area (Å²) in [4.78, 5) is 20.3. The Bertz CT molecular complexity index is 1210. The van der Waals surface area contributed by atoms with Crippen LogP contribution in [0.15, 0.2) is 72.7 Å². The molecule has 1 aliphatic carbocycles. The number of hydrogen-bond acceptors (Lipinski definition) is 4. The van der Waals surface area contributed by atoms with E-state index < -0.39 is 11.7 Å². The van der Waals surface area contributed by atoms with Gasteiger partial charge in [0.05, 0.1) is 11.1 Å². The van der Waals surface area contributed by atoms with Gasteiger partial charge in [-0.3, -0.25) is 9.78 Å². The molecule has 3 aromatic rings. The number of pyridine rings is 2. The van der Waals surface area contributed by atoms with Gasteiger partial charge in [0.1, 0.15) is 5.75 Å². The van der Waals surface area contributed by atoms with Crippen LogP contribution in [-0.4, -0.2) is 21.9 Å². The van der Waals surface area contributed by atoms with Crippen LogP contribution < -0.4 is 10.1 Å². The Morgan fingerprint density at radius 3 is 2.54 bits per heavy atom. The lowest BCUT2D eigenvalue weighted by molar-refractivity contribution is -0.137. The Morgan fingerprint density at radius 1 is 1.09 bits per heavy atom. The molecular weight excluding hydrogens is 455 g/mol. The predicted octanol–water partition coefficient (Wildman–Crippen LogP) is 6.68. The minimum absolute atomic E-state index is 0.0923. The molecule has 1 N–H and O–H groups in total. The van der Waals surface area contributed by atoms with Crippen molar-refractivity contribution in [3.8, 4) is 11.6 Å². The third-order valence-electron chi connectivity index (χ3n) is 6.29. The van der Waals surface area contributed by atoms with Crippen LogP contribution in [-0.2, 0) is 6.18 Å². The van der Waals surface area contributed by atoms with Crippen molar-refractivity contribution in [2.75, 3.05) is 0 Å². The second-order valence-corrected chi connectivity index (χ2v) is 8.75. The summed E-state index contributed by atoms with van der Waals surface area (Å²) in [6.45, 7) is 4.23. The van der Waals surface area contributed by atoms with Crippen LogP contribution in [0.4, 0.5) is 13.2 Å². The summed E-state index contributed by atoms with van der Waals surface area (Å²) in [5.41, 5.74) is 3.17. The largest absolute Gasteiger partial charge is 0.439 e. The van der Waals surface area contributed by atoms with E-state index in [9.17, 15) is 18.0 Å². The second-order valence-electron chi connectivity index (χ2n) is 8.75. The molecule has 2 atom stereocenters. The summed E-state index contributed by atoms with van der Waals surface area (Å²) in [6.07, 6.45) is 2.06. The Labute approximate surface area is 202 Å². The SMILES string of the molecule is CC(=C1CCC(NC(=O)c2cccnc2)CC1C)c1cccc(Oc2ccc(C(F)(F)F)cn2)c1. The van der Waals surface area contributed by atoms with Gasteiger partial charge in [-0.15, -0.1) is 0 Å². The van der Waals surface area contributed by atoms with Crippen LogP contribution >= 0.6 is 0 Å². The number of alkyl halides is 3. The maximum Gasteiger partial charge on any atom is 0.417 e. The van der Waals surface area contributed by atoms with Gasteiger partial charge in [-0.05, 0) is 73.6 Å². The lowest BCUT2D eigenvalue weighted by Crippen LogP contribution is -2.38. The lowest BCUT2D eigenvalue weighted by Gasteiger charge is -2.31. The van der Waals surface area contributed by atoms with E-state index in [1.165, 1.54) is 11.6 Å². The molecule has 1 aromatic carbocycles. The molecule has 2 aromatic heterocycles. The number of nitrogens with one attached hydrogen (secondary N) is 1. The highest BCUT2D eigenvalue weighted by Crippen LogP contribution is 2.36. The van der Waals surface area contributed by atoms with Gasteiger partial charge < -0.3 is 10.1 Å². The first-order chi connectivity index (χ1) is 16.7. The summed E-state index contributed by atoms with van der Waals surface area (Å²) in [5.74, 6) is 0.767. The molecule has 2 unspecified atom stereocenters. The van der Waals surface area contributed by atoms with Gasteiger partial charge >= 0.3 is 6.18 Å². The van der Waals surface area contributed by atoms with Crippen molar-refractivity contribution in [1.29, 1.82) is 0 Å². The smallest absolute Gasteiger partial charge is 0.417 e. The number of rotatable bonds is 5.